The van der Waals surface area contributed by atoms with Crippen molar-refractivity contribution in [3.63, 3.8) is 0 Å². The summed E-state index contributed by atoms with van der Waals surface area (Å²) < 4.78 is 41.3. The highest BCUT2D eigenvalue weighted by Gasteiger charge is 2.13. The minimum absolute atomic E-state index is 0.0959. The Kier molecular flexibility index (Phi) is 3.39. The number of nitrogens with one attached hydrogen (secondary N) is 1. The monoisotopic (exact) mass is 306 g/mol. The van der Waals surface area contributed by atoms with Gasteiger partial charge in [-0.1, -0.05) is 42.5 Å². The summed E-state index contributed by atoms with van der Waals surface area (Å²) in [5.41, 5.74) is 1.68. The van der Waals surface area contributed by atoms with Gasteiger partial charge in [0.05, 0.1) is 11.4 Å². The van der Waals surface area contributed by atoms with Crippen molar-refractivity contribution in [1.82, 2.24) is 9.78 Å². The molecule has 2 aromatic carbocycles. The van der Waals surface area contributed by atoms with Gasteiger partial charge in [-0.05, 0) is 5.56 Å². The second kappa shape index (κ2) is 5.21. The lowest BCUT2D eigenvalue weighted by Crippen LogP contribution is -2.01. The largest absolute Gasteiger partial charge is 0.292 e. The van der Waals surface area contributed by atoms with E-state index in [2.05, 4.69) is 5.10 Å². The van der Waals surface area contributed by atoms with E-state index in [4.69, 9.17) is 12.2 Å². The Morgan fingerprint density at radius 1 is 0.905 bits per heavy atom. The molecule has 0 amide bonds. The van der Waals surface area contributed by atoms with Gasteiger partial charge in [0.15, 0.2) is 17.5 Å². The van der Waals surface area contributed by atoms with Crippen molar-refractivity contribution in [2.45, 2.75) is 0 Å². The average molecular weight is 306 g/mol. The highest BCUT2D eigenvalue weighted by atomic mass is 32.1. The van der Waals surface area contributed by atoms with Crippen LogP contribution in [0.5, 0.6) is 0 Å². The molecule has 21 heavy (non-hydrogen) atoms. The number of aromatic amines is 1. The van der Waals surface area contributed by atoms with E-state index < -0.39 is 17.5 Å². The smallest absolute Gasteiger partial charge is 0.194 e. The van der Waals surface area contributed by atoms with E-state index in [1.165, 1.54) is 4.68 Å². The molecule has 1 aromatic heterocycles. The van der Waals surface area contributed by atoms with E-state index >= 15 is 0 Å². The molecule has 0 radical (unpaired) electrons. The van der Waals surface area contributed by atoms with Crippen LogP contribution in [-0.4, -0.2) is 9.78 Å². The molecule has 0 aliphatic carbocycles. The van der Waals surface area contributed by atoms with Crippen LogP contribution in [0.3, 0.4) is 0 Å². The van der Waals surface area contributed by atoms with Gasteiger partial charge in [0.25, 0.3) is 0 Å². The first-order chi connectivity index (χ1) is 10.1. The van der Waals surface area contributed by atoms with Gasteiger partial charge in [0.1, 0.15) is 4.64 Å². The molecule has 0 atom stereocenters. The fourth-order valence-corrected chi connectivity index (χ4v) is 2.29. The van der Waals surface area contributed by atoms with Crippen LogP contribution in [0.2, 0.25) is 0 Å². The van der Waals surface area contributed by atoms with Crippen LogP contribution >= 0.6 is 12.2 Å². The second-order valence-corrected chi connectivity index (χ2v) is 4.85. The summed E-state index contributed by atoms with van der Waals surface area (Å²) in [6.07, 6.45) is 0. The lowest BCUT2D eigenvalue weighted by Gasteiger charge is -2.05. The lowest BCUT2D eigenvalue weighted by molar-refractivity contribution is 0.446. The van der Waals surface area contributed by atoms with Crippen molar-refractivity contribution in [1.29, 1.82) is 0 Å². The van der Waals surface area contributed by atoms with Crippen LogP contribution < -0.4 is 0 Å². The number of H-pyrrole nitrogens is 1. The number of rotatable bonds is 2. The first-order valence-electron chi connectivity index (χ1n) is 6.08. The van der Waals surface area contributed by atoms with E-state index in [0.29, 0.717) is 10.3 Å². The van der Waals surface area contributed by atoms with Gasteiger partial charge < -0.3 is 0 Å². The van der Waals surface area contributed by atoms with Crippen molar-refractivity contribution < 1.29 is 13.2 Å². The maximum atomic E-state index is 13.3. The number of hydrogen-bond acceptors (Lipinski definition) is 1. The number of hydrogen-bond donors (Lipinski definition) is 1. The number of aromatic nitrogens is 2. The molecule has 1 heterocycles. The first kappa shape index (κ1) is 13.6. The quantitative estimate of drug-likeness (QED) is 0.541. The Hall–Kier alpha value is -2.34. The van der Waals surface area contributed by atoms with E-state index in [1.807, 2.05) is 30.3 Å². The van der Waals surface area contributed by atoms with Crippen LogP contribution in [0, 0.1) is 22.1 Å². The van der Waals surface area contributed by atoms with Crippen molar-refractivity contribution in [3.05, 3.63) is 70.6 Å². The van der Waals surface area contributed by atoms with E-state index in [-0.39, 0.29) is 5.69 Å². The molecule has 0 bridgehead atoms. The molecule has 6 heteroatoms. The normalized spacial score (nSPS) is 10.8. The zero-order valence-corrected chi connectivity index (χ0v) is 11.4. The number of nitrogens with zero attached hydrogens (tertiary/aromatic N) is 1. The zero-order chi connectivity index (χ0) is 15.0. The zero-order valence-electron chi connectivity index (χ0n) is 10.6. The predicted octanol–water partition coefficient (Wildman–Crippen LogP) is 4.62. The lowest BCUT2D eigenvalue weighted by atomic mass is 10.2. The summed E-state index contributed by atoms with van der Waals surface area (Å²) >= 11 is 5.17. The molecule has 0 saturated carbocycles. The standard InChI is InChI=1S/C15H9F3N2S/c16-11-6-10(7-12(17)15(11)18)20-14(21)8-13(19-20)9-4-2-1-3-5-9/h1-8,19H. The Bertz CT molecular complexity index is 830. The summed E-state index contributed by atoms with van der Waals surface area (Å²) in [5.74, 6) is -4.02. The first-order valence-corrected chi connectivity index (χ1v) is 6.49. The van der Waals surface area contributed by atoms with Crippen LogP contribution in [0.1, 0.15) is 0 Å². The Labute approximate surface area is 123 Å². The van der Waals surface area contributed by atoms with E-state index in [0.717, 1.165) is 17.7 Å². The summed E-state index contributed by atoms with van der Waals surface area (Å²) in [7, 11) is 0. The van der Waals surface area contributed by atoms with Gasteiger partial charge in [0.2, 0.25) is 0 Å². The van der Waals surface area contributed by atoms with Crippen molar-refractivity contribution in [2.75, 3.05) is 0 Å². The minimum Gasteiger partial charge on any atom is -0.292 e. The fraction of sp³-hybridized carbons (Fsp3) is 0. The maximum Gasteiger partial charge on any atom is 0.194 e. The van der Waals surface area contributed by atoms with Gasteiger partial charge in [-0.3, -0.25) is 5.10 Å². The van der Waals surface area contributed by atoms with Crippen LogP contribution in [-0.2, 0) is 0 Å². The third-order valence-electron chi connectivity index (χ3n) is 3.03. The molecule has 3 aromatic rings. The van der Waals surface area contributed by atoms with Gasteiger partial charge in [0, 0.05) is 18.2 Å². The molecule has 0 fully saturated rings. The molecule has 0 saturated heterocycles. The molecule has 0 unspecified atom stereocenters. The van der Waals surface area contributed by atoms with Gasteiger partial charge in [-0.25, -0.2) is 17.9 Å². The highest BCUT2D eigenvalue weighted by molar-refractivity contribution is 7.71. The molecule has 0 aliphatic heterocycles. The van der Waals surface area contributed by atoms with Gasteiger partial charge in [-0.2, -0.15) is 0 Å². The van der Waals surface area contributed by atoms with Crippen LogP contribution in [0.4, 0.5) is 13.2 Å². The molecule has 0 aliphatic rings. The molecule has 106 valence electrons. The molecule has 0 spiro atoms. The third kappa shape index (κ3) is 2.50. The summed E-state index contributed by atoms with van der Waals surface area (Å²) in [6.45, 7) is 0. The Morgan fingerprint density at radius 2 is 1.52 bits per heavy atom. The third-order valence-corrected chi connectivity index (χ3v) is 3.33. The second-order valence-electron chi connectivity index (χ2n) is 4.43. The van der Waals surface area contributed by atoms with E-state index in [1.54, 1.807) is 6.07 Å². The number of benzene rings is 2. The maximum absolute atomic E-state index is 13.3. The Balaban J connectivity index is 2.13. The van der Waals surface area contributed by atoms with E-state index in [9.17, 15) is 13.2 Å². The van der Waals surface area contributed by atoms with Crippen molar-refractivity contribution in [2.24, 2.45) is 0 Å². The minimum atomic E-state index is -1.50. The van der Waals surface area contributed by atoms with Crippen molar-refractivity contribution in [3.8, 4) is 16.9 Å². The Morgan fingerprint density at radius 3 is 2.14 bits per heavy atom. The van der Waals surface area contributed by atoms with Gasteiger partial charge >= 0.3 is 0 Å². The predicted molar refractivity (Wildman–Crippen MR) is 76.3 cm³/mol. The summed E-state index contributed by atoms with van der Waals surface area (Å²) in [4.78, 5) is 0. The molecule has 2 nitrogen and oxygen atoms in total. The molecule has 3 rings (SSSR count). The summed E-state index contributed by atoms with van der Waals surface area (Å²) in [6, 6.07) is 12.8. The average Bonchev–Trinajstić information content (AvgIpc) is 2.87. The molecular formula is C15H9F3N2S. The van der Waals surface area contributed by atoms with Gasteiger partial charge in [-0.15, -0.1) is 0 Å². The topological polar surface area (TPSA) is 20.7 Å². The van der Waals surface area contributed by atoms with Crippen LogP contribution in [0.15, 0.2) is 48.5 Å². The molecule has 1 N–H and O–H groups in total. The fourth-order valence-electron chi connectivity index (χ4n) is 2.02. The SMILES string of the molecule is Fc1cc(-n2[nH]c(-c3ccccc3)cc2=S)cc(F)c1F. The molecular weight excluding hydrogens is 297 g/mol. The number of halogens is 3. The summed E-state index contributed by atoms with van der Waals surface area (Å²) in [5, 5.41) is 2.94. The van der Waals surface area contributed by atoms with Crippen molar-refractivity contribution >= 4 is 12.2 Å². The van der Waals surface area contributed by atoms with Crippen LogP contribution in [0.25, 0.3) is 16.9 Å². The highest BCUT2D eigenvalue weighted by Crippen LogP contribution is 2.21.